The molecule has 1 saturated heterocycles. The van der Waals surface area contributed by atoms with Gasteiger partial charge in [-0.3, -0.25) is 19.8 Å². The van der Waals surface area contributed by atoms with Gasteiger partial charge < -0.3 is 24.7 Å². The van der Waals surface area contributed by atoms with E-state index in [2.05, 4.69) is 5.50 Å². The fourth-order valence-electron chi connectivity index (χ4n) is 1.69. The van der Waals surface area contributed by atoms with Crippen LogP contribution in [0.2, 0.25) is 0 Å². The molecule has 1 aromatic rings. The zero-order valence-corrected chi connectivity index (χ0v) is 11.3. The molecule has 2 rings (SSSR count). The van der Waals surface area contributed by atoms with Gasteiger partial charge in [0.25, 0.3) is 5.56 Å². The van der Waals surface area contributed by atoms with Crippen LogP contribution in [-0.2, 0) is 4.74 Å². The van der Waals surface area contributed by atoms with Crippen molar-refractivity contribution in [1.29, 1.82) is 0 Å². The Morgan fingerprint density at radius 3 is 2.30 bits per heavy atom. The molecule has 0 unspecified atom stereocenters. The summed E-state index contributed by atoms with van der Waals surface area (Å²) in [6.07, 6.45) is -2.57. The second kappa shape index (κ2) is 7.04. The van der Waals surface area contributed by atoms with E-state index in [0.29, 0.717) is 0 Å². The molecular weight excluding hydrogens is 293 g/mol. The molecule has 0 aromatic carbocycles. The van der Waals surface area contributed by atoms with Gasteiger partial charge in [0.1, 0.15) is 12.2 Å². The van der Waals surface area contributed by atoms with Crippen LogP contribution in [0.25, 0.3) is 0 Å². The molecule has 0 amide bonds. The number of aliphatic hydroxyl groups is 2. The van der Waals surface area contributed by atoms with Gasteiger partial charge in [0, 0.05) is 12.3 Å². The summed E-state index contributed by atoms with van der Waals surface area (Å²) in [5, 5.41) is 19.1. The minimum atomic E-state index is -2.12. The largest absolute Gasteiger partial charge is 0.388 e. The van der Waals surface area contributed by atoms with Crippen molar-refractivity contribution in [3.63, 3.8) is 0 Å². The lowest BCUT2D eigenvalue weighted by Crippen LogP contribution is -2.37. The topological polar surface area (TPSA) is 171 Å². The normalized spacial score (nSPS) is 29.1. The van der Waals surface area contributed by atoms with Crippen LogP contribution in [0.1, 0.15) is 13.2 Å². The van der Waals surface area contributed by atoms with Crippen LogP contribution >= 0.6 is 8.53 Å². The number of H-pyrrole nitrogens is 1. The molecule has 0 aliphatic carbocycles. The number of nitrogens with zero attached hydrogens (tertiary/aromatic N) is 1. The van der Waals surface area contributed by atoms with Gasteiger partial charge in [-0.05, 0) is 6.92 Å². The molecule has 114 valence electrons. The Hall–Kier alpha value is -1.13. The van der Waals surface area contributed by atoms with E-state index in [-0.39, 0.29) is 0 Å². The van der Waals surface area contributed by atoms with Crippen molar-refractivity contribution in [3.05, 3.63) is 33.1 Å². The van der Waals surface area contributed by atoms with E-state index in [1.807, 2.05) is 4.98 Å². The Kier molecular flexibility index (Phi) is 5.96. The number of aromatic nitrogens is 2. The summed E-state index contributed by atoms with van der Waals surface area (Å²) in [5.41, 5.74) is 3.08. The summed E-state index contributed by atoms with van der Waals surface area (Å²) in [7, 11) is -2.12. The van der Waals surface area contributed by atoms with Gasteiger partial charge in [0.15, 0.2) is 6.23 Å². The highest BCUT2D eigenvalue weighted by molar-refractivity contribution is 7.42. The van der Waals surface area contributed by atoms with Gasteiger partial charge in [-0.15, -0.1) is 0 Å². The monoisotopic (exact) mass is 309 g/mol. The number of rotatable bonds is 1. The first kappa shape index (κ1) is 16.9. The fourth-order valence-corrected chi connectivity index (χ4v) is 1.69. The highest BCUT2D eigenvalue weighted by Gasteiger charge is 2.41. The molecule has 20 heavy (non-hydrogen) atoms. The second-order valence-corrected chi connectivity index (χ2v) is 4.69. The van der Waals surface area contributed by atoms with Crippen molar-refractivity contribution < 1.29 is 24.7 Å². The molecule has 1 aliphatic rings. The molecule has 11 heteroatoms. The molecule has 0 radical (unpaired) electrons. The van der Waals surface area contributed by atoms with Crippen molar-refractivity contribution in [2.75, 3.05) is 0 Å². The maximum absolute atomic E-state index is 11.4. The molecule has 0 saturated carbocycles. The van der Waals surface area contributed by atoms with Crippen molar-refractivity contribution in [2.24, 2.45) is 5.50 Å². The van der Waals surface area contributed by atoms with E-state index in [1.54, 1.807) is 6.92 Å². The van der Waals surface area contributed by atoms with Gasteiger partial charge >= 0.3 is 5.69 Å². The summed E-state index contributed by atoms with van der Waals surface area (Å²) < 4.78 is 6.27. The minimum Gasteiger partial charge on any atom is -0.388 e. The molecule has 2 heterocycles. The van der Waals surface area contributed by atoms with Crippen molar-refractivity contribution in [1.82, 2.24) is 9.55 Å². The molecule has 7 N–H and O–H groups in total. The highest BCUT2D eigenvalue weighted by atomic mass is 31.2. The molecule has 4 atom stereocenters. The second-order valence-electron chi connectivity index (χ2n) is 4.05. The number of nitrogens with one attached hydrogen (secondary N) is 1. The minimum absolute atomic E-state index is 0.526. The van der Waals surface area contributed by atoms with Crippen molar-refractivity contribution in [2.45, 2.75) is 31.5 Å². The molecule has 0 bridgehead atoms. The average molecular weight is 309 g/mol. The zero-order valence-electron chi connectivity index (χ0n) is 10.4. The van der Waals surface area contributed by atoms with Crippen molar-refractivity contribution in [3.8, 4) is 0 Å². The predicted molar refractivity (Wildman–Crippen MR) is 68.5 cm³/mol. The van der Waals surface area contributed by atoms with Crippen LogP contribution in [0.15, 0.2) is 21.9 Å². The van der Waals surface area contributed by atoms with Gasteiger partial charge in [0.05, 0.1) is 6.10 Å². The third-order valence-corrected chi connectivity index (χ3v) is 2.60. The van der Waals surface area contributed by atoms with Crippen LogP contribution in [-0.4, -0.2) is 47.9 Å². The van der Waals surface area contributed by atoms with E-state index in [9.17, 15) is 19.8 Å². The first-order valence-electron chi connectivity index (χ1n) is 5.49. The standard InChI is InChI=1S/C9H12N2O5.H4NO2P/c1-4-6(13)7(14)8(16-4)11-3-2-5(12)10-9(11)15;1-4(2)3/h2-4,6-8,13-14H,1H3,(H,10,12,15);2-3H,1H2/t4-,6-,7-,8-;/m1./s1. The van der Waals surface area contributed by atoms with Crippen LogP contribution in [0.5, 0.6) is 0 Å². The lowest BCUT2D eigenvalue weighted by molar-refractivity contribution is -0.0351. The van der Waals surface area contributed by atoms with Gasteiger partial charge in [-0.1, -0.05) is 0 Å². The Balaban J connectivity index is 0.000000444. The van der Waals surface area contributed by atoms with Gasteiger partial charge in [-0.25, -0.2) is 4.79 Å². The van der Waals surface area contributed by atoms with Crippen LogP contribution in [0, 0.1) is 0 Å². The Morgan fingerprint density at radius 2 is 1.90 bits per heavy atom. The average Bonchev–Trinajstić information content (AvgIpc) is 2.56. The number of nitrogens with two attached hydrogens (primary N) is 1. The first-order valence-corrected chi connectivity index (χ1v) is 6.81. The molecule has 0 spiro atoms. The molecule has 10 nitrogen and oxygen atoms in total. The summed E-state index contributed by atoms with van der Waals surface area (Å²) >= 11 is 0. The number of aromatic amines is 1. The third-order valence-electron chi connectivity index (χ3n) is 2.60. The third kappa shape index (κ3) is 4.18. The quantitative estimate of drug-likeness (QED) is 0.305. The highest BCUT2D eigenvalue weighted by Crippen LogP contribution is 2.27. The zero-order chi connectivity index (χ0) is 15.4. The summed E-state index contributed by atoms with van der Waals surface area (Å²) in [6, 6.07) is 1.15. The van der Waals surface area contributed by atoms with Crippen LogP contribution in [0.4, 0.5) is 0 Å². The number of aliphatic hydroxyl groups excluding tert-OH is 2. The summed E-state index contributed by atoms with van der Waals surface area (Å²) in [5.74, 6) is 0. The molecule has 1 aromatic heterocycles. The lowest BCUT2D eigenvalue weighted by atomic mass is 10.1. The summed E-state index contributed by atoms with van der Waals surface area (Å²) in [6.45, 7) is 1.59. The Labute approximate surface area is 114 Å². The molecular formula is C9H16N3O7P. The fraction of sp³-hybridized carbons (Fsp3) is 0.556. The van der Waals surface area contributed by atoms with E-state index in [4.69, 9.17) is 14.5 Å². The molecule has 1 fully saturated rings. The number of ether oxygens (including phenoxy) is 1. The number of hydrogen-bond donors (Lipinski definition) is 6. The smallest absolute Gasteiger partial charge is 0.330 e. The first-order chi connectivity index (χ1) is 9.23. The van der Waals surface area contributed by atoms with Crippen LogP contribution < -0.4 is 16.8 Å². The maximum atomic E-state index is 11.4. The molecule has 1 aliphatic heterocycles. The van der Waals surface area contributed by atoms with E-state index >= 15 is 0 Å². The van der Waals surface area contributed by atoms with Crippen LogP contribution in [0.3, 0.4) is 0 Å². The lowest BCUT2D eigenvalue weighted by Gasteiger charge is -2.16. The van der Waals surface area contributed by atoms with Gasteiger partial charge in [0.2, 0.25) is 8.53 Å². The van der Waals surface area contributed by atoms with E-state index < -0.39 is 44.3 Å². The van der Waals surface area contributed by atoms with Crippen molar-refractivity contribution >= 4 is 8.53 Å². The predicted octanol–water partition coefficient (Wildman–Crippen LogP) is -2.67. The SMILES string of the molecule is C[C@H]1O[C@@H](n2ccc(=O)[nH]c2=O)[C@H](O)[C@@H]1O.NP(O)O. The Bertz CT molecular complexity index is 542. The number of hydrogen-bond acceptors (Lipinski definition) is 8. The van der Waals surface area contributed by atoms with Gasteiger partial charge in [-0.2, -0.15) is 0 Å². The maximum Gasteiger partial charge on any atom is 0.330 e. The van der Waals surface area contributed by atoms with E-state index in [0.717, 1.165) is 10.6 Å². The van der Waals surface area contributed by atoms with E-state index in [1.165, 1.54) is 6.20 Å². The summed E-state index contributed by atoms with van der Waals surface area (Å²) in [4.78, 5) is 39.2. The Morgan fingerprint density at radius 1 is 1.35 bits per heavy atom.